The van der Waals surface area contributed by atoms with Gasteiger partial charge in [0.2, 0.25) is 5.60 Å². The number of aromatic hydroxyl groups is 2. The fourth-order valence-corrected chi connectivity index (χ4v) is 5.11. The summed E-state index contributed by atoms with van der Waals surface area (Å²) in [5.41, 5.74) is -0.695. The minimum Gasteiger partial charge on any atom is -0.504 e. The van der Waals surface area contributed by atoms with Crippen LogP contribution in [0.1, 0.15) is 46.7 Å². The molecule has 1 unspecified atom stereocenters. The number of nitrogen functional groups attached to an aromatic ring is 1. The number of thiazole rings is 1. The van der Waals surface area contributed by atoms with Crippen LogP contribution in [0.2, 0.25) is 0 Å². The van der Waals surface area contributed by atoms with Crippen LogP contribution in [-0.2, 0) is 38.4 Å². The van der Waals surface area contributed by atoms with Crippen LogP contribution in [0.15, 0.2) is 22.7 Å². The number of cyclic esters (lactones) is 1. The Morgan fingerprint density at radius 3 is 2.26 bits per heavy atom. The lowest BCUT2D eigenvalue weighted by atomic mass is 10.0. The van der Waals surface area contributed by atoms with Crippen molar-refractivity contribution in [3.05, 3.63) is 34.3 Å². The highest BCUT2D eigenvalue weighted by atomic mass is 32.1. The van der Waals surface area contributed by atoms with Crippen molar-refractivity contribution in [2.75, 3.05) is 12.3 Å². The van der Waals surface area contributed by atoms with Crippen molar-refractivity contribution in [1.29, 1.82) is 0 Å². The minimum absolute atomic E-state index is 0.00659. The summed E-state index contributed by atoms with van der Waals surface area (Å²) >= 11 is 0.905. The molecule has 20 nitrogen and oxygen atoms in total. The summed E-state index contributed by atoms with van der Waals surface area (Å²) in [6, 6.07) is -1.93. The average Bonchev–Trinajstić information content (AvgIpc) is 3.71. The number of carboxylic acids is 2. The number of ether oxygens (including phenoxy) is 1. The lowest BCUT2D eigenvalue weighted by molar-refractivity contribution is -0.256. The molecule has 1 aromatic carbocycles. The Hall–Kier alpha value is -5.83. The molecule has 3 aliphatic rings. The molecule has 2 fully saturated rings. The van der Waals surface area contributed by atoms with E-state index in [0.29, 0.717) is 4.90 Å². The van der Waals surface area contributed by atoms with E-state index < -0.39 is 95.2 Å². The lowest BCUT2D eigenvalue weighted by Crippen LogP contribution is -2.57. The number of carbonyl (C=O) groups excluding carboxylic acids is 5. The number of rotatable bonds is 9. The topological polar surface area (TPSA) is 298 Å². The van der Waals surface area contributed by atoms with Gasteiger partial charge in [0.1, 0.15) is 24.4 Å². The quantitative estimate of drug-likeness (QED) is 0.0577. The van der Waals surface area contributed by atoms with Crippen LogP contribution < -0.4 is 11.1 Å². The Kier molecular flexibility index (Phi) is 7.52. The van der Waals surface area contributed by atoms with Gasteiger partial charge in [-0.2, -0.15) is 5.06 Å². The molecule has 0 spiro atoms. The fraction of sp³-hybridized carbons (Fsp3) is 0.320. The minimum atomic E-state index is -2.91. The number of nitrogens with two attached hydrogens (primary N) is 1. The third kappa shape index (κ3) is 5.05. The standard InChI is InChI=1S/C25H22N6O14S/c1-24(2,21(39)40)45-29-15(11-7-46-23(26)28-11)16(34)27-10-6-43-31(19(10)37)25(22(41)42)5-12(20(38)44-25)30-17(35)8-3-13(32)14(33)4-9(8)18(30)36/h3-4,7,10,12,32-33H,5-6H2,1-2H3,(H2,26,28)(H,27,34)(H,39,40)(H,41,42)/b29-15-/t10-,12-,25?/m0/s1. The fourth-order valence-electron chi connectivity index (χ4n) is 4.56. The van der Waals surface area contributed by atoms with Crippen molar-refractivity contribution in [2.24, 2.45) is 5.16 Å². The van der Waals surface area contributed by atoms with Crippen molar-refractivity contribution in [3.63, 3.8) is 0 Å². The van der Waals surface area contributed by atoms with Gasteiger partial charge in [-0.25, -0.2) is 19.4 Å². The molecular weight excluding hydrogens is 640 g/mol. The second kappa shape index (κ2) is 11.0. The van der Waals surface area contributed by atoms with Crippen LogP contribution in [0.25, 0.3) is 0 Å². The van der Waals surface area contributed by atoms with E-state index in [0.717, 1.165) is 37.3 Å². The van der Waals surface area contributed by atoms with Gasteiger partial charge >= 0.3 is 23.6 Å². The van der Waals surface area contributed by atoms with Gasteiger partial charge in [0.15, 0.2) is 22.3 Å². The van der Waals surface area contributed by atoms with E-state index in [-0.39, 0.29) is 27.0 Å². The monoisotopic (exact) mass is 662 g/mol. The molecule has 7 N–H and O–H groups in total. The number of imide groups is 1. The first-order chi connectivity index (χ1) is 21.5. The number of nitrogens with zero attached hydrogens (tertiary/aromatic N) is 4. The number of phenols is 2. The number of carbonyl (C=O) groups is 7. The van der Waals surface area contributed by atoms with Crippen molar-refractivity contribution < 1.29 is 68.4 Å². The second-order valence-electron chi connectivity index (χ2n) is 10.5. The number of fused-ring (bicyclic) bond motifs is 1. The van der Waals surface area contributed by atoms with Crippen molar-refractivity contribution >= 4 is 63.7 Å². The Balaban J connectivity index is 1.37. The van der Waals surface area contributed by atoms with Gasteiger partial charge in [-0.05, 0) is 26.0 Å². The maximum absolute atomic E-state index is 13.4. The number of aliphatic carboxylic acids is 2. The van der Waals surface area contributed by atoms with E-state index >= 15 is 0 Å². The molecule has 0 saturated carbocycles. The van der Waals surface area contributed by atoms with Gasteiger partial charge in [0, 0.05) is 5.38 Å². The summed E-state index contributed by atoms with van der Waals surface area (Å²) in [6.45, 7) is 1.60. The van der Waals surface area contributed by atoms with Gasteiger partial charge < -0.3 is 41.1 Å². The van der Waals surface area contributed by atoms with Gasteiger partial charge in [-0.3, -0.25) is 28.9 Å². The molecule has 46 heavy (non-hydrogen) atoms. The van der Waals surface area contributed by atoms with E-state index in [4.69, 9.17) is 20.1 Å². The molecule has 242 valence electrons. The summed E-state index contributed by atoms with van der Waals surface area (Å²) in [7, 11) is 0. The molecule has 5 rings (SSSR count). The molecule has 3 aliphatic heterocycles. The van der Waals surface area contributed by atoms with Crippen LogP contribution in [0.5, 0.6) is 11.5 Å². The van der Waals surface area contributed by atoms with E-state index in [1.165, 1.54) is 5.38 Å². The molecule has 0 bridgehead atoms. The van der Waals surface area contributed by atoms with Crippen LogP contribution in [-0.4, -0.2) is 113 Å². The molecule has 0 radical (unpaired) electrons. The van der Waals surface area contributed by atoms with Gasteiger partial charge in [0.05, 0.1) is 17.5 Å². The molecule has 21 heteroatoms. The van der Waals surface area contributed by atoms with Crippen LogP contribution >= 0.6 is 11.3 Å². The maximum atomic E-state index is 13.4. The second-order valence-corrected chi connectivity index (χ2v) is 11.4. The zero-order valence-electron chi connectivity index (χ0n) is 23.4. The van der Waals surface area contributed by atoms with Crippen molar-refractivity contribution in [1.82, 2.24) is 20.3 Å². The number of aromatic nitrogens is 1. The molecule has 0 aliphatic carbocycles. The Bertz CT molecular complexity index is 1730. The zero-order valence-corrected chi connectivity index (χ0v) is 24.3. The number of benzene rings is 1. The Morgan fingerprint density at radius 1 is 1.13 bits per heavy atom. The third-order valence-corrected chi connectivity index (χ3v) is 7.71. The van der Waals surface area contributed by atoms with Crippen LogP contribution in [0.4, 0.5) is 5.13 Å². The van der Waals surface area contributed by atoms with E-state index in [2.05, 4.69) is 15.5 Å². The van der Waals surface area contributed by atoms with Crippen molar-refractivity contribution in [3.8, 4) is 11.5 Å². The lowest BCUT2D eigenvalue weighted by Gasteiger charge is -2.30. The highest BCUT2D eigenvalue weighted by molar-refractivity contribution is 7.13. The SMILES string of the molecule is CC(C)(O/N=C(\C(=O)N[C@H]1CON(C2(C(=O)O)C[C@H](N3C(=O)c4cc(O)c(O)cc4C3=O)C(=O)O2)C1=O)c1csc(N)n1)C(=O)O. The van der Waals surface area contributed by atoms with Crippen LogP contribution in [0, 0.1) is 0 Å². The summed E-state index contributed by atoms with van der Waals surface area (Å²) in [5, 5.41) is 46.2. The van der Waals surface area contributed by atoms with E-state index in [1.54, 1.807) is 0 Å². The number of oxime groups is 1. The number of hydrogen-bond acceptors (Lipinski definition) is 16. The van der Waals surface area contributed by atoms with Gasteiger partial charge in [0.25, 0.3) is 23.6 Å². The number of hydrogen-bond donors (Lipinski definition) is 6. The average molecular weight is 663 g/mol. The van der Waals surface area contributed by atoms with E-state index in [9.17, 15) is 54.0 Å². The highest BCUT2D eigenvalue weighted by Crippen LogP contribution is 2.40. The van der Waals surface area contributed by atoms with E-state index in [1.807, 2.05) is 0 Å². The smallest absolute Gasteiger partial charge is 0.372 e. The molecule has 2 saturated heterocycles. The number of phenolic OH excluding ortho intramolecular Hbond substituents is 2. The summed E-state index contributed by atoms with van der Waals surface area (Å²) < 4.78 is 5.07. The number of anilines is 1. The summed E-state index contributed by atoms with van der Waals surface area (Å²) in [5.74, 6) is -10.8. The van der Waals surface area contributed by atoms with Gasteiger partial charge in [-0.15, -0.1) is 11.3 Å². The maximum Gasteiger partial charge on any atom is 0.372 e. The first kappa shape index (κ1) is 31.6. The molecule has 2 aromatic rings. The summed E-state index contributed by atoms with van der Waals surface area (Å²) in [4.78, 5) is 104. The van der Waals surface area contributed by atoms with Crippen molar-refractivity contribution in [2.45, 2.75) is 43.7 Å². The highest BCUT2D eigenvalue weighted by Gasteiger charge is 2.65. The molecule has 3 atom stereocenters. The molecule has 4 amide bonds. The largest absolute Gasteiger partial charge is 0.504 e. The Labute approximate surface area is 259 Å². The first-order valence-corrected chi connectivity index (χ1v) is 13.8. The number of carboxylic acid groups (broad SMARTS) is 2. The predicted octanol–water partition coefficient (Wildman–Crippen LogP) is -1.63. The van der Waals surface area contributed by atoms with Crippen LogP contribution in [0.3, 0.4) is 0 Å². The zero-order chi connectivity index (χ0) is 33.9. The molecule has 4 heterocycles. The molecular formula is C25H22N6O14S. The number of nitrogens with one attached hydrogen (secondary N) is 1. The summed E-state index contributed by atoms with van der Waals surface area (Å²) in [6.07, 6.45) is -1.00. The Morgan fingerprint density at radius 2 is 1.74 bits per heavy atom. The number of amides is 4. The van der Waals surface area contributed by atoms with Gasteiger partial charge in [-0.1, -0.05) is 5.16 Å². The normalized spacial score (nSPS) is 23.0. The predicted molar refractivity (Wildman–Crippen MR) is 146 cm³/mol. The number of hydroxylamine groups is 2. The molecule has 1 aromatic heterocycles. The first-order valence-electron chi connectivity index (χ1n) is 12.9. The number of esters is 1. The third-order valence-electron chi connectivity index (χ3n) is 7.03.